The SMILES string of the molecule is CC(C)[CH2][Sn].O=C(O)c1cccc2ccccc12. The molecule has 0 atom stereocenters. The Morgan fingerprint density at radius 2 is 1.72 bits per heavy atom. The van der Waals surface area contributed by atoms with Gasteiger partial charge in [0, 0.05) is 0 Å². The van der Waals surface area contributed by atoms with Crippen LogP contribution in [0.4, 0.5) is 0 Å². The minimum absolute atomic E-state index is 0.359. The third-order valence-electron chi connectivity index (χ3n) is 2.43. The van der Waals surface area contributed by atoms with E-state index in [4.69, 9.17) is 5.11 Å². The zero-order chi connectivity index (χ0) is 13.5. The average Bonchev–Trinajstić information content (AvgIpc) is 2.38. The predicted octanol–water partition coefficient (Wildman–Crippen LogP) is 3.77. The molecule has 0 unspecified atom stereocenters. The predicted molar refractivity (Wildman–Crippen MR) is 76.3 cm³/mol. The zero-order valence-corrected chi connectivity index (χ0v) is 13.5. The number of hydrogen-bond donors (Lipinski definition) is 1. The van der Waals surface area contributed by atoms with Gasteiger partial charge in [0.15, 0.2) is 0 Å². The second kappa shape index (κ2) is 7.41. The molecule has 0 saturated heterocycles. The molecular formula is C15H17O2Sn. The van der Waals surface area contributed by atoms with Crippen LogP contribution in [0, 0.1) is 5.92 Å². The molecule has 0 aliphatic carbocycles. The quantitative estimate of drug-likeness (QED) is 0.839. The van der Waals surface area contributed by atoms with Crippen LogP contribution < -0.4 is 0 Å². The van der Waals surface area contributed by atoms with E-state index in [9.17, 15) is 4.79 Å². The number of benzene rings is 2. The van der Waals surface area contributed by atoms with Crippen molar-refractivity contribution in [1.82, 2.24) is 0 Å². The molecule has 0 bridgehead atoms. The fourth-order valence-electron chi connectivity index (χ4n) is 1.41. The van der Waals surface area contributed by atoms with Crippen LogP contribution in [0.2, 0.25) is 4.44 Å². The van der Waals surface area contributed by atoms with Crippen molar-refractivity contribution in [3.05, 3.63) is 48.0 Å². The summed E-state index contributed by atoms with van der Waals surface area (Å²) >= 11 is 1.66. The van der Waals surface area contributed by atoms with Gasteiger partial charge in [-0.3, -0.25) is 0 Å². The van der Waals surface area contributed by atoms with Crippen LogP contribution >= 0.6 is 0 Å². The molecule has 0 aliphatic heterocycles. The molecule has 0 aliphatic rings. The van der Waals surface area contributed by atoms with Gasteiger partial charge in [-0.05, 0) is 16.8 Å². The van der Waals surface area contributed by atoms with Gasteiger partial charge in [0.05, 0.1) is 5.56 Å². The Morgan fingerprint density at radius 1 is 1.17 bits per heavy atom. The van der Waals surface area contributed by atoms with Gasteiger partial charge in [0.1, 0.15) is 0 Å². The van der Waals surface area contributed by atoms with Crippen LogP contribution in [-0.2, 0) is 0 Å². The van der Waals surface area contributed by atoms with E-state index in [0.717, 1.165) is 16.7 Å². The normalized spacial score (nSPS) is 10.0. The molecule has 2 aromatic rings. The van der Waals surface area contributed by atoms with Crippen molar-refractivity contribution >= 4 is 39.3 Å². The van der Waals surface area contributed by atoms with Crippen LogP contribution in [0.5, 0.6) is 0 Å². The largest absolute Gasteiger partial charge is 0.478 e. The maximum Gasteiger partial charge on any atom is 0.336 e. The van der Waals surface area contributed by atoms with Gasteiger partial charge in [0.25, 0.3) is 0 Å². The first-order chi connectivity index (χ1) is 8.56. The molecule has 2 nitrogen and oxygen atoms in total. The van der Waals surface area contributed by atoms with Crippen LogP contribution in [-0.4, -0.2) is 33.6 Å². The summed E-state index contributed by atoms with van der Waals surface area (Å²) in [4.78, 5) is 10.8. The monoisotopic (exact) mass is 349 g/mol. The van der Waals surface area contributed by atoms with Crippen molar-refractivity contribution in [2.75, 3.05) is 0 Å². The van der Waals surface area contributed by atoms with Gasteiger partial charge in [-0.15, -0.1) is 0 Å². The van der Waals surface area contributed by atoms with Gasteiger partial charge >= 0.3 is 52.7 Å². The standard InChI is InChI=1S/C11H8O2.C4H9.Sn/c12-11(13)10-7-3-5-8-4-1-2-6-9(8)10;1-4(2)3;/h1-7H,(H,12,13);4H,1H2,2-3H3;. The van der Waals surface area contributed by atoms with E-state index in [1.54, 1.807) is 34.7 Å². The van der Waals surface area contributed by atoms with Crippen LogP contribution in [0.15, 0.2) is 42.5 Å². The molecule has 0 heterocycles. The Morgan fingerprint density at radius 3 is 2.28 bits per heavy atom. The summed E-state index contributed by atoms with van der Waals surface area (Å²) in [5, 5.41) is 10.6. The van der Waals surface area contributed by atoms with E-state index in [-0.39, 0.29) is 0 Å². The molecule has 93 valence electrons. The summed E-state index contributed by atoms with van der Waals surface area (Å²) in [5.41, 5.74) is 0.359. The van der Waals surface area contributed by atoms with Gasteiger partial charge < -0.3 is 5.11 Å². The maximum absolute atomic E-state index is 10.8. The Kier molecular flexibility index (Phi) is 6.19. The van der Waals surface area contributed by atoms with E-state index >= 15 is 0 Å². The molecule has 18 heavy (non-hydrogen) atoms. The van der Waals surface area contributed by atoms with Crippen LogP contribution in [0.25, 0.3) is 10.8 Å². The van der Waals surface area contributed by atoms with E-state index in [1.165, 1.54) is 4.44 Å². The second-order valence-electron chi connectivity index (χ2n) is 4.43. The second-order valence-corrected chi connectivity index (χ2v) is 5.60. The third-order valence-corrected chi connectivity index (χ3v) is 4.76. The van der Waals surface area contributed by atoms with E-state index < -0.39 is 5.97 Å². The van der Waals surface area contributed by atoms with E-state index in [2.05, 4.69) is 13.8 Å². The maximum atomic E-state index is 10.8. The Bertz CT molecular complexity index is 515. The molecule has 0 amide bonds. The van der Waals surface area contributed by atoms with Crippen molar-refractivity contribution in [2.24, 2.45) is 5.92 Å². The molecule has 2 aromatic carbocycles. The van der Waals surface area contributed by atoms with Crippen LogP contribution in [0.3, 0.4) is 0 Å². The summed E-state index contributed by atoms with van der Waals surface area (Å²) in [6, 6.07) is 12.7. The molecule has 3 heteroatoms. The number of rotatable bonds is 2. The molecule has 0 spiro atoms. The number of hydrogen-bond acceptors (Lipinski definition) is 1. The van der Waals surface area contributed by atoms with Gasteiger partial charge in [-0.25, -0.2) is 4.79 Å². The molecule has 0 fully saturated rings. The molecule has 1 N–H and O–H groups in total. The van der Waals surface area contributed by atoms with Crippen molar-refractivity contribution in [2.45, 2.75) is 18.3 Å². The summed E-state index contributed by atoms with van der Waals surface area (Å²) in [5.74, 6) is 0.0463. The Hall–Kier alpha value is -1.03. The summed E-state index contributed by atoms with van der Waals surface area (Å²) in [6.45, 7) is 4.49. The summed E-state index contributed by atoms with van der Waals surface area (Å²) < 4.78 is 1.40. The summed E-state index contributed by atoms with van der Waals surface area (Å²) in [6.07, 6.45) is 0. The molecule has 0 aromatic heterocycles. The first-order valence-corrected chi connectivity index (χ1v) is 7.93. The fourth-order valence-corrected chi connectivity index (χ4v) is 1.41. The number of fused-ring (bicyclic) bond motifs is 1. The van der Waals surface area contributed by atoms with E-state index in [1.807, 2.05) is 30.3 Å². The topological polar surface area (TPSA) is 37.3 Å². The minimum atomic E-state index is -0.878. The van der Waals surface area contributed by atoms with Crippen LogP contribution in [0.1, 0.15) is 24.2 Å². The van der Waals surface area contributed by atoms with Crippen molar-refractivity contribution in [1.29, 1.82) is 0 Å². The van der Waals surface area contributed by atoms with E-state index in [0.29, 0.717) is 5.56 Å². The van der Waals surface area contributed by atoms with Crippen molar-refractivity contribution in [3.8, 4) is 0 Å². The average molecular weight is 348 g/mol. The molecule has 3 radical (unpaired) electrons. The van der Waals surface area contributed by atoms with Gasteiger partial charge in [0.2, 0.25) is 0 Å². The number of carbonyl (C=O) groups is 1. The third kappa shape index (κ3) is 4.33. The van der Waals surface area contributed by atoms with Crippen molar-refractivity contribution in [3.63, 3.8) is 0 Å². The van der Waals surface area contributed by atoms with Crippen molar-refractivity contribution < 1.29 is 9.90 Å². The summed E-state index contributed by atoms with van der Waals surface area (Å²) in [7, 11) is 0. The smallest absolute Gasteiger partial charge is 0.336 e. The van der Waals surface area contributed by atoms with Gasteiger partial charge in [-0.1, -0.05) is 36.4 Å². The Balaban J connectivity index is 0.000000280. The zero-order valence-electron chi connectivity index (χ0n) is 10.7. The number of aromatic carboxylic acids is 1. The number of carboxylic acids is 1. The number of carboxylic acid groups (broad SMARTS) is 1. The molecule has 0 saturated carbocycles. The molecular weight excluding hydrogens is 331 g/mol. The first-order valence-electron chi connectivity index (χ1n) is 5.92. The fraction of sp³-hybridized carbons (Fsp3) is 0.267. The van der Waals surface area contributed by atoms with Gasteiger partial charge in [-0.2, -0.15) is 0 Å². The minimum Gasteiger partial charge on any atom is -0.478 e. The molecule has 2 rings (SSSR count). The Labute approximate surface area is 121 Å². The first kappa shape index (κ1) is 15.0.